The largest absolute Gasteiger partial charge is 0.448 e. The standard InChI is InChI=1S/C29H27F2NO3/c30-25-13-6-14-26(31)27(25)29(34)15-18-7-5-8-19(16-29)32(18)28(33)35-17-24-22-11-3-1-9-20(22)21-10-2-4-12-23(21)24/h1-4,6,9-14,18-19,24,34H,5,7-8,15-17H2. The van der Waals surface area contributed by atoms with Gasteiger partial charge in [-0.3, -0.25) is 0 Å². The maximum absolute atomic E-state index is 14.5. The van der Waals surface area contributed by atoms with Crippen molar-refractivity contribution in [1.82, 2.24) is 4.90 Å². The molecule has 3 aromatic carbocycles. The lowest BCUT2D eigenvalue weighted by Crippen LogP contribution is -2.59. The van der Waals surface area contributed by atoms with E-state index in [1.807, 2.05) is 24.3 Å². The van der Waals surface area contributed by atoms with Crippen molar-refractivity contribution in [3.63, 3.8) is 0 Å². The molecule has 180 valence electrons. The number of aliphatic hydroxyl groups is 1. The van der Waals surface area contributed by atoms with E-state index in [1.165, 1.54) is 18.2 Å². The second-order valence-corrected chi connectivity index (χ2v) is 9.99. The number of rotatable bonds is 3. The monoisotopic (exact) mass is 475 g/mol. The topological polar surface area (TPSA) is 49.8 Å². The third-order valence-electron chi connectivity index (χ3n) is 7.98. The highest BCUT2D eigenvalue weighted by Gasteiger charge is 2.50. The van der Waals surface area contributed by atoms with Gasteiger partial charge in [0.15, 0.2) is 0 Å². The molecule has 1 amide bonds. The second-order valence-electron chi connectivity index (χ2n) is 9.99. The molecule has 3 aromatic rings. The summed E-state index contributed by atoms with van der Waals surface area (Å²) in [5.74, 6) is -1.54. The molecule has 2 saturated heterocycles. The van der Waals surface area contributed by atoms with Gasteiger partial charge in [-0.15, -0.1) is 0 Å². The van der Waals surface area contributed by atoms with Crippen LogP contribution in [0.4, 0.5) is 13.6 Å². The van der Waals surface area contributed by atoms with Gasteiger partial charge in [-0.1, -0.05) is 54.6 Å². The fourth-order valence-electron chi connectivity index (χ4n) is 6.54. The molecule has 2 aliphatic heterocycles. The molecule has 2 bridgehead atoms. The number of hydrogen-bond acceptors (Lipinski definition) is 3. The minimum absolute atomic E-state index is 0.0413. The average Bonchev–Trinajstić information content (AvgIpc) is 3.15. The van der Waals surface area contributed by atoms with Gasteiger partial charge < -0.3 is 14.7 Å². The lowest BCUT2D eigenvalue weighted by atomic mass is 9.72. The predicted molar refractivity (Wildman–Crippen MR) is 128 cm³/mol. The summed E-state index contributed by atoms with van der Waals surface area (Å²) in [7, 11) is 0. The number of carbonyl (C=O) groups excluding carboxylic acids is 1. The summed E-state index contributed by atoms with van der Waals surface area (Å²) in [4.78, 5) is 15.1. The SMILES string of the molecule is O=C(OCC1c2ccccc2-c2ccccc21)N1C2CCCC1CC(O)(c1c(F)cccc1F)C2. The van der Waals surface area contributed by atoms with Crippen LogP contribution in [0, 0.1) is 11.6 Å². The minimum Gasteiger partial charge on any atom is -0.448 e. The molecule has 0 radical (unpaired) electrons. The van der Waals surface area contributed by atoms with Gasteiger partial charge in [-0.2, -0.15) is 0 Å². The number of piperidine rings is 2. The molecule has 1 aliphatic carbocycles. The van der Waals surface area contributed by atoms with E-state index in [0.29, 0.717) is 12.8 Å². The average molecular weight is 476 g/mol. The zero-order chi connectivity index (χ0) is 24.2. The Hall–Kier alpha value is -3.25. The molecule has 0 saturated carbocycles. The van der Waals surface area contributed by atoms with Crippen molar-refractivity contribution in [2.45, 2.75) is 55.7 Å². The number of halogens is 2. The first kappa shape index (κ1) is 22.2. The van der Waals surface area contributed by atoms with Crippen LogP contribution in [0.2, 0.25) is 0 Å². The van der Waals surface area contributed by atoms with E-state index in [1.54, 1.807) is 4.90 Å². The van der Waals surface area contributed by atoms with Crippen molar-refractivity contribution in [2.24, 2.45) is 0 Å². The third kappa shape index (κ3) is 3.62. The van der Waals surface area contributed by atoms with Crippen LogP contribution in [0.1, 0.15) is 54.7 Å². The molecule has 6 rings (SSSR count). The Morgan fingerprint density at radius 1 is 0.886 bits per heavy atom. The highest BCUT2D eigenvalue weighted by atomic mass is 19.1. The van der Waals surface area contributed by atoms with Gasteiger partial charge in [0.25, 0.3) is 0 Å². The maximum Gasteiger partial charge on any atom is 0.410 e. The van der Waals surface area contributed by atoms with E-state index < -0.39 is 23.3 Å². The normalized spacial score (nSPS) is 25.2. The van der Waals surface area contributed by atoms with Crippen LogP contribution >= 0.6 is 0 Å². The molecule has 0 spiro atoms. The van der Waals surface area contributed by atoms with Crippen molar-refractivity contribution in [3.05, 3.63) is 95.1 Å². The molecular formula is C29H27F2NO3. The molecule has 35 heavy (non-hydrogen) atoms. The molecule has 1 N–H and O–H groups in total. The molecule has 0 aromatic heterocycles. The Labute approximate surface area is 203 Å². The summed E-state index contributed by atoms with van der Waals surface area (Å²) in [5, 5.41) is 11.4. The third-order valence-corrected chi connectivity index (χ3v) is 7.98. The van der Waals surface area contributed by atoms with E-state index in [9.17, 15) is 18.7 Å². The Kier molecular flexibility index (Phi) is 5.37. The lowest BCUT2D eigenvalue weighted by Gasteiger charge is -2.51. The van der Waals surface area contributed by atoms with Crippen molar-refractivity contribution in [3.8, 4) is 11.1 Å². The molecule has 2 fully saturated rings. The molecule has 4 nitrogen and oxygen atoms in total. The molecule has 6 heteroatoms. The predicted octanol–water partition coefficient (Wildman–Crippen LogP) is 6.12. The van der Waals surface area contributed by atoms with Gasteiger partial charge in [0.05, 0.1) is 11.2 Å². The Morgan fingerprint density at radius 2 is 1.43 bits per heavy atom. The summed E-state index contributed by atoms with van der Waals surface area (Å²) in [6, 6.07) is 19.3. The Morgan fingerprint density at radius 3 is 2.00 bits per heavy atom. The second kappa shape index (κ2) is 8.45. The van der Waals surface area contributed by atoms with Crippen molar-refractivity contribution in [1.29, 1.82) is 0 Å². The first-order valence-electron chi connectivity index (χ1n) is 12.3. The quantitative estimate of drug-likeness (QED) is 0.497. The molecule has 2 heterocycles. The van der Waals surface area contributed by atoms with E-state index in [4.69, 9.17) is 4.74 Å². The number of benzene rings is 3. The highest BCUT2D eigenvalue weighted by molar-refractivity contribution is 5.79. The molecular weight excluding hydrogens is 448 g/mol. The van der Waals surface area contributed by atoms with E-state index >= 15 is 0 Å². The highest BCUT2D eigenvalue weighted by Crippen LogP contribution is 2.47. The van der Waals surface area contributed by atoms with Gasteiger partial charge in [0, 0.05) is 30.8 Å². The number of ether oxygens (including phenoxy) is 1. The van der Waals surface area contributed by atoms with Gasteiger partial charge in [-0.25, -0.2) is 13.6 Å². The van der Waals surface area contributed by atoms with Crippen LogP contribution in [0.15, 0.2) is 66.7 Å². The summed E-state index contributed by atoms with van der Waals surface area (Å²) >= 11 is 0. The number of fused-ring (bicyclic) bond motifs is 5. The summed E-state index contributed by atoms with van der Waals surface area (Å²) in [6.45, 7) is 0.217. The fraction of sp³-hybridized carbons (Fsp3) is 0.345. The lowest BCUT2D eigenvalue weighted by molar-refractivity contribution is -0.0922. The van der Waals surface area contributed by atoms with Gasteiger partial charge in [-0.05, 0) is 53.6 Å². The zero-order valence-corrected chi connectivity index (χ0v) is 19.3. The number of carbonyl (C=O) groups is 1. The van der Waals surface area contributed by atoms with Gasteiger partial charge in [0.2, 0.25) is 0 Å². The van der Waals surface area contributed by atoms with Crippen molar-refractivity contribution in [2.75, 3.05) is 6.61 Å². The maximum atomic E-state index is 14.5. The van der Waals surface area contributed by atoms with Crippen molar-refractivity contribution < 1.29 is 23.4 Å². The summed E-state index contributed by atoms with van der Waals surface area (Å²) < 4.78 is 35.0. The van der Waals surface area contributed by atoms with Crippen LogP contribution in [0.25, 0.3) is 11.1 Å². The molecule has 2 unspecified atom stereocenters. The number of nitrogens with zero attached hydrogens (tertiary/aromatic N) is 1. The number of amides is 1. The Bertz CT molecular complexity index is 1210. The van der Waals surface area contributed by atoms with Crippen LogP contribution in [0.5, 0.6) is 0 Å². The van der Waals surface area contributed by atoms with Crippen LogP contribution in [-0.4, -0.2) is 34.8 Å². The zero-order valence-electron chi connectivity index (χ0n) is 19.3. The van der Waals surface area contributed by atoms with Crippen LogP contribution < -0.4 is 0 Å². The summed E-state index contributed by atoms with van der Waals surface area (Å²) in [5.41, 5.74) is 2.68. The smallest absolute Gasteiger partial charge is 0.410 e. The summed E-state index contributed by atoms with van der Waals surface area (Å²) in [6.07, 6.45) is 1.99. The fourth-order valence-corrected chi connectivity index (χ4v) is 6.54. The van der Waals surface area contributed by atoms with Gasteiger partial charge >= 0.3 is 6.09 Å². The van der Waals surface area contributed by atoms with Crippen molar-refractivity contribution >= 4 is 6.09 Å². The van der Waals surface area contributed by atoms with Gasteiger partial charge in [0.1, 0.15) is 18.2 Å². The van der Waals surface area contributed by atoms with E-state index in [2.05, 4.69) is 24.3 Å². The van der Waals surface area contributed by atoms with E-state index in [-0.39, 0.29) is 43.0 Å². The molecule has 2 atom stereocenters. The first-order chi connectivity index (χ1) is 17.0. The van der Waals surface area contributed by atoms with Crippen LogP contribution in [0.3, 0.4) is 0 Å². The van der Waals surface area contributed by atoms with E-state index in [0.717, 1.165) is 28.7 Å². The minimum atomic E-state index is -1.65. The number of hydrogen-bond donors (Lipinski definition) is 1. The Balaban J connectivity index is 1.22. The van der Waals surface area contributed by atoms with Crippen LogP contribution in [-0.2, 0) is 10.3 Å². The molecule has 3 aliphatic rings. The first-order valence-corrected chi connectivity index (χ1v) is 12.3.